The predicted octanol–water partition coefficient (Wildman–Crippen LogP) is 2.96. The summed E-state index contributed by atoms with van der Waals surface area (Å²) in [5.41, 5.74) is 0. The van der Waals surface area contributed by atoms with Crippen LogP contribution in [0.1, 0.15) is 59.3 Å². The number of likely N-dealkylation sites (tertiary alicyclic amines) is 2. The van der Waals surface area contributed by atoms with Crippen LogP contribution in [0.5, 0.6) is 0 Å². The molecule has 2 saturated heterocycles. The molecule has 0 saturated carbocycles. The van der Waals surface area contributed by atoms with Crippen molar-refractivity contribution in [3.8, 4) is 0 Å². The van der Waals surface area contributed by atoms with Gasteiger partial charge in [-0.25, -0.2) is 0 Å². The highest BCUT2D eigenvalue weighted by Crippen LogP contribution is 2.28. The number of carbonyl (C=O) groups is 2. The predicted molar refractivity (Wildman–Crippen MR) is 93.2 cm³/mol. The van der Waals surface area contributed by atoms with Crippen LogP contribution in [0, 0.1) is 17.8 Å². The van der Waals surface area contributed by atoms with Crippen LogP contribution in [-0.2, 0) is 9.59 Å². The van der Waals surface area contributed by atoms with Crippen LogP contribution in [-0.4, -0.2) is 54.2 Å². The fourth-order valence-electron chi connectivity index (χ4n) is 3.84. The number of hydrogen-bond donors (Lipinski definition) is 0. The van der Waals surface area contributed by atoms with E-state index in [0.29, 0.717) is 12.3 Å². The van der Waals surface area contributed by atoms with Gasteiger partial charge in [0.2, 0.25) is 5.91 Å². The van der Waals surface area contributed by atoms with Gasteiger partial charge < -0.3 is 4.90 Å². The molecule has 2 aliphatic heterocycles. The molecule has 132 valence electrons. The van der Waals surface area contributed by atoms with E-state index in [4.69, 9.17) is 0 Å². The molecule has 0 radical (unpaired) electrons. The van der Waals surface area contributed by atoms with E-state index >= 15 is 0 Å². The SMILES string of the molecule is CC(=O)N1CCC(CCC2CCN(CC(=O)C(C)C)CC2)CC1. The molecule has 1 amide bonds. The maximum Gasteiger partial charge on any atom is 0.219 e. The number of piperidine rings is 2. The van der Waals surface area contributed by atoms with Crippen molar-refractivity contribution in [2.75, 3.05) is 32.7 Å². The molecule has 0 bridgehead atoms. The molecule has 2 aliphatic rings. The lowest BCUT2D eigenvalue weighted by molar-refractivity contribution is -0.130. The van der Waals surface area contributed by atoms with Crippen molar-refractivity contribution < 1.29 is 9.59 Å². The molecule has 2 heterocycles. The molecule has 0 aromatic carbocycles. The number of amides is 1. The molecule has 0 spiro atoms. The Bertz CT molecular complexity index is 392. The third-order valence-electron chi connectivity index (χ3n) is 5.77. The Balaban J connectivity index is 1.60. The van der Waals surface area contributed by atoms with Crippen LogP contribution in [0.15, 0.2) is 0 Å². The van der Waals surface area contributed by atoms with Gasteiger partial charge in [0, 0.05) is 25.9 Å². The number of rotatable bonds is 6. The molecule has 0 aromatic heterocycles. The van der Waals surface area contributed by atoms with E-state index in [1.54, 1.807) is 6.92 Å². The van der Waals surface area contributed by atoms with Crippen molar-refractivity contribution in [2.45, 2.75) is 59.3 Å². The molecule has 23 heavy (non-hydrogen) atoms. The summed E-state index contributed by atoms with van der Waals surface area (Å²) < 4.78 is 0. The molecular formula is C19H34N2O2. The largest absolute Gasteiger partial charge is 0.343 e. The van der Waals surface area contributed by atoms with E-state index in [2.05, 4.69) is 4.90 Å². The number of nitrogens with zero attached hydrogens (tertiary/aromatic N) is 2. The van der Waals surface area contributed by atoms with E-state index in [0.717, 1.165) is 38.0 Å². The van der Waals surface area contributed by atoms with E-state index in [1.165, 1.54) is 38.5 Å². The van der Waals surface area contributed by atoms with Crippen LogP contribution in [0.25, 0.3) is 0 Å². The molecule has 4 nitrogen and oxygen atoms in total. The molecular weight excluding hydrogens is 288 g/mol. The number of carbonyl (C=O) groups excluding carboxylic acids is 2. The number of hydrogen-bond acceptors (Lipinski definition) is 3. The van der Waals surface area contributed by atoms with Gasteiger partial charge in [-0.05, 0) is 50.6 Å². The second-order valence-corrected chi connectivity index (χ2v) is 7.87. The van der Waals surface area contributed by atoms with Crippen molar-refractivity contribution in [1.82, 2.24) is 9.80 Å². The second-order valence-electron chi connectivity index (χ2n) is 7.87. The Morgan fingerprint density at radius 2 is 1.39 bits per heavy atom. The van der Waals surface area contributed by atoms with Crippen LogP contribution in [0.2, 0.25) is 0 Å². The lowest BCUT2D eigenvalue weighted by Crippen LogP contribution is -2.39. The van der Waals surface area contributed by atoms with Crippen LogP contribution >= 0.6 is 0 Å². The fraction of sp³-hybridized carbons (Fsp3) is 0.895. The zero-order valence-corrected chi connectivity index (χ0v) is 15.2. The summed E-state index contributed by atoms with van der Waals surface area (Å²) in [6, 6.07) is 0. The lowest BCUT2D eigenvalue weighted by atomic mass is 9.85. The van der Waals surface area contributed by atoms with Gasteiger partial charge in [0.05, 0.1) is 6.54 Å². The number of ketones is 1. The Kier molecular flexibility index (Phi) is 7.07. The van der Waals surface area contributed by atoms with Crippen molar-refractivity contribution in [3.05, 3.63) is 0 Å². The molecule has 0 N–H and O–H groups in total. The van der Waals surface area contributed by atoms with Crippen molar-refractivity contribution >= 4 is 11.7 Å². The third kappa shape index (κ3) is 5.91. The minimum Gasteiger partial charge on any atom is -0.343 e. The van der Waals surface area contributed by atoms with Gasteiger partial charge in [0.25, 0.3) is 0 Å². The van der Waals surface area contributed by atoms with Crippen molar-refractivity contribution in [1.29, 1.82) is 0 Å². The van der Waals surface area contributed by atoms with Crippen molar-refractivity contribution in [3.63, 3.8) is 0 Å². The molecule has 0 aromatic rings. The van der Waals surface area contributed by atoms with Crippen LogP contribution in [0.4, 0.5) is 0 Å². The molecule has 0 atom stereocenters. The van der Waals surface area contributed by atoms with Gasteiger partial charge in [-0.1, -0.05) is 26.7 Å². The highest BCUT2D eigenvalue weighted by molar-refractivity contribution is 5.82. The van der Waals surface area contributed by atoms with E-state index in [-0.39, 0.29) is 11.8 Å². The molecule has 4 heteroatoms. The average Bonchev–Trinajstić information content (AvgIpc) is 2.54. The Morgan fingerprint density at radius 1 is 0.913 bits per heavy atom. The van der Waals surface area contributed by atoms with E-state index in [9.17, 15) is 9.59 Å². The van der Waals surface area contributed by atoms with E-state index in [1.807, 2.05) is 18.7 Å². The smallest absolute Gasteiger partial charge is 0.219 e. The first-order valence-electron chi connectivity index (χ1n) is 9.46. The summed E-state index contributed by atoms with van der Waals surface area (Å²) in [6.07, 6.45) is 7.51. The summed E-state index contributed by atoms with van der Waals surface area (Å²) >= 11 is 0. The summed E-state index contributed by atoms with van der Waals surface area (Å²) in [7, 11) is 0. The summed E-state index contributed by atoms with van der Waals surface area (Å²) in [6.45, 7) is 10.4. The van der Waals surface area contributed by atoms with Crippen LogP contribution in [0.3, 0.4) is 0 Å². The lowest BCUT2D eigenvalue weighted by Gasteiger charge is -2.34. The van der Waals surface area contributed by atoms with Gasteiger partial charge in [0.15, 0.2) is 0 Å². The summed E-state index contributed by atoms with van der Waals surface area (Å²) in [4.78, 5) is 27.5. The van der Waals surface area contributed by atoms with Gasteiger partial charge in [0.1, 0.15) is 5.78 Å². The zero-order chi connectivity index (χ0) is 16.8. The zero-order valence-electron chi connectivity index (χ0n) is 15.2. The Hall–Kier alpha value is -0.900. The molecule has 0 unspecified atom stereocenters. The molecule has 2 fully saturated rings. The van der Waals surface area contributed by atoms with Crippen molar-refractivity contribution in [2.24, 2.45) is 17.8 Å². The Morgan fingerprint density at radius 3 is 1.83 bits per heavy atom. The topological polar surface area (TPSA) is 40.6 Å². The normalized spacial score (nSPS) is 21.8. The molecule has 0 aliphatic carbocycles. The number of Topliss-reactive ketones (excluding diaryl/α,β-unsaturated/α-hetero) is 1. The second kappa shape index (κ2) is 8.81. The summed E-state index contributed by atoms with van der Waals surface area (Å²) in [5.74, 6) is 2.42. The highest BCUT2D eigenvalue weighted by atomic mass is 16.2. The third-order valence-corrected chi connectivity index (χ3v) is 5.77. The first kappa shape index (κ1) is 18.4. The van der Waals surface area contributed by atoms with Gasteiger partial charge in [-0.3, -0.25) is 14.5 Å². The van der Waals surface area contributed by atoms with E-state index < -0.39 is 0 Å². The van der Waals surface area contributed by atoms with Gasteiger partial charge in [-0.15, -0.1) is 0 Å². The Labute approximate surface area is 141 Å². The summed E-state index contributed by atoms with van der Waals surface area (Å²) in [5, 5.41) is 0. The standard InChI is InChI=1S/C19H34N2O2/c1-15(2)19(23)14-20-10-6-17(7-11-20)4-5-18-8-12-21(13-9-18)16(3)22/h15,17-18H,4-14H2,1-3H3. The molecule has 2 rings (SSSR count). The first-order chi connectivity index (χ1) is 11.0. The average molecular weight is 322 g/mol. The maximum atomic E-state index is 11.8. The first-order valence-corrected chi connectivity index (χ1v) is 9.46. The van der Waals surface area contributed by atoms with Gasteiger partial charge >= 0.3 is 0 Å². The van der Waals surface area contributed by atoms with Gasteiger partial charge in [-0.2, -0.15) is 0 Å². The minimum absolute atomic E-state index is 0.161. The van der Waals surface area contributed by atoms with Crippen LogP contribution < -0.4 is 0 Å². The quantitative estimate of drug-likeness (QED) is 0.755. The maximum absolute atomic E-state index is 11.8. The highest BCUT2D eigenvalue weighted by Gasteiger charge is 2.24. The fourth-order valence-corrected chi connectivity index (χ4v) is 3.84. The monoisotopic (exact) mass is 322 g/mol. The minimum atomic E-state index is 0.161.